The van der Waals surface area contributed by atoms with E-state index in [0.717, 1.165) is 18.2 Å². The van der Waals surface area contributed by atoms with Crippen LogP contribution in [0.15, 0.2) is 36.4 Å². The zero-order chi connectivity index (χ0) is 20.1. The van der Waals surface area contributed by atoms with E-state index in [9.17, 15) is 23.9 Å². The van der Waals surface area contributed by atoms with Gasteiger partial charge in [0, 0.05) is 24.2 Å². The molecule has 0 aromatic heterocycles. The molecule has 0 unspecified atom stereocenters. The monoisotopic (exact) mass is 395 g/mol. The third-order valence-corrected chi connectivity index (χ3v) is 4.04. The van der Waals surface area contributed by atoms with Gasteiger partial charge in [0.15, 0.2) is 6.61 Å². The fourth-order valence-corrected chi connectivity index (χ4v) is 2.44. The van der Waals surface area contributed by atoms with Crippen molar-refractivity contribution in [3.63, 3.8) is 0 Å². The van der Waals surface area contributed by atoms with Crippen LogP contribution in [0.5, 0.6) is 5.75 Å². The summed E-state index contributed by atoms with van der Waals surface area (Å²) in [4.78, 5) is 35.6. The molecule has 0 aliphatic rings. The smallest absolute Gasteiger partial charge is 0.339 e. The summed E-state index contributed by atoms with van der Waals surface area (Å²) in [5, 5.41) is 18.3. The SMILES string of the molecule is CN(Cc1c(F)cccc1Cl)C(=O)COc1ccc(C(=O)O)cc1C(=O)O. The number of hydrogen-bond acceptors (Lipinski definition) is 4. The number of aromatic carboxylic acids is 2. The first-order valence-corrected chi connectivity index (χ1v) is 7.98. The molecule has 0 atom stereocenters. The molecule has 1 amide bonds. The third kappa shape index (κ3) is 4.95. The van der Waals surface area contributed by atoms with E-state index >= 15 is 0 Å². The molecule has 2 aromatic rings. The second kappa shape index (κ2) is 8.50. The Bertz CT molecular complexity index is 881. The first kappa shape index (κ1) is 20.2. The van der Waals surface area contributed by atoms with Gasteiger partial charge in [0.25, 0.3) is 5.91 Å². The summed E-state index contributed by atoms with van der Waals surface area (Å²) < 4.78 is 19.0. The molecule has 9 heteroatoms. The fourth-order valence-electron chi connectivity index (χ4n) is 2.21. The van der Waals surface area contributed by atoms with Crippen LogP contribution in [0.2, 0.25) is 5.02 Å². The summed E-state index contributed by atoms with van der Waals surface area (Å²) >= 11 is 5.92. The Hall–Kier alpha value is -3.13. The van der Waals surface area contributed by atoms with Crippen molar-refractivity contribution in [2.45, 2.75) is 6.54 Å². The number of benzene rings is 2. The molecule has 0 fully saturated rings. The molecule has 2 rings (SSSR count). The Morgan fingerprint density at radius 1 is 1.15 bits per heavy atom. The maximum Gasteiger partial charge on any atom is 0.339 e. The molecule has 2 aromatic carbocycles. The van der Waals surface area contributed by atoms with Crippen molar-refractivity contribution in [1.29, 1.82) is 0 Å². The van der Waals surface area contributed by atoms with Gasteiger partial charge < -0.3 is 19.8 Å². The number of carboxylic acids is 2. The number of carbonyl (C=O) groups is 3. The van der Waals surface area contributed by atoms with Crippen molar-refractivity contribution in [3.8, 4) is 5.75 Å². The van der Waals surface area contributed by atoms with Gasteiger partial charge in [0.05, 0.1) is 5.56 Å². The molecule has 0 aliphatic heterocycles. The molecule has 0 heterocycles. The highest BCUT2D eigenvalue weighted by Gasteiger charge is 2.18. The molecule has 27 heavy (non-hydrogen) atoms. The molecular weight excluding hydrogens is 381 g/mol. The number of halogens is 2. The molecule has 142 valence electrons. The summed E-state index contributed by atoms with van der Waals surface area (Å²) in [5.74, 6) is -3.94. The minimum absolute atomic E-state index is 0.0998. The molecule has 0 spiro atoms. The maximum absolute atomic E-state index is 13.8. The van der Waals surface area contributed by atoms with Crippen LogP contribution in [-0.2, 0) is 11.3 Å². The van der Waals surface area contributed by atoms with Gasteiger partial charge in [-0.15, -0.1) is 0 Å². The van der Waals surface area contributed by atoms with Gasteiger partial charge in [-0.25, -0.2) is 14.0 Å². The van der Waals surface area contributed by atoms with Gasteiger partial charge in [-0.2, -0.15) is 0 Å². The molecule has 2 N–H and O–H groups in total. The average Bonchev–Trinajstić information content (AvgIpc) is 2.62. The maximum atomic E-state index is 13.8. The number of amides is 1. The quantitative estimate of drug-likeness (QED) is 0.747. The van der Waals surface area contributed by atoms with Gasteiger partial charge in [-0.3, -0.25) is 4.79 Å². The van der Waals surface area contributed by atoms with E-state index in [4.69, 9.17) is 21.4 Å². The molecule has 0 aliphatic carbocycles. The zero-order valence-corrected chi connectivity index (χ0v) is 14.9. The topological polar surface area (TPSA) is 104 Å². The van der Waals surface area contributed by atoms with Gasteiger partial charge in [0.1, 0.15) is 17.1 Å². The lowest BCUT2D eigenvalue weighted by molar-refractivity contribution is -0.132. The minimum Gasteiger partial charge on any atom is -0.483 e. The van der Waals surface area contributed by atoms with E-state index in [-0.39, 0.29) is 34.0 Å². The van der Waals surface area contributed by atoms with E-state index in [0.29, 0.717) is 0 Å². The number of carboxylic acid groups (broad SMARTS) is 2. The number of carbonyl (C=O) groups excluding carboxylic acids is 1. The van der Waals surface area contributed by atoms with Crippen molar-refractivity contribution in [2.75, 3.05) is 13.7 Å². The van der Waals surface area contributed by atoms with Crippen LogP contribution in [0.25, 0.3) is 0 Å². The second-order valence-corrected chi connectivity index (χ2v) is 5.97. The molecule has 0 saturated heterocycles. The van der Waals surface area contributed by atoms with Crippen molar-refractivity contribution < 1.29 is 33.7 Å². The first-order valence-electron chi connectivity index (χ1n) is 7.61. The van der Waals surface area contributed by atoms with Crippen LogP contribution in [0, 0.1) is 5.82 Å². The molecule has 0 radical (unpaired) electrons. The number of hydrogen-bond donors (Lipinski definition) is 2. The number of rotatable bonds is 7. The highest BCUT2D eigenvalue weighted by Crippen LogP contribution is 2.22. The minimum atomic E-state index is -1.40. The van der Waals surface area contributed by atoms with E-state index in [1.807, 2.05) is 0 Å². The number of likely N-dealkylation sites (N-methyl/N-ethyl adjacent to an activating group) is 1. The van der Waals surface area contributed by atoms with Crippen molar-refractivity contribution in [1.82, 2.24) is 4.90 Å². The van der Waals surface area contributed by atoms with E-state index in [1.165, 1.54) is 30.1 Å². The van der Waals surface area contributed by atoms with Crippen LogP contribution in [0.4, 0.5) is 4.39 Å². The molecule has 0 saturated carbocycles. The number of ether oxygens (including phenoxy) is 1. The van der Waals surface area contributed by atoms with Gasteiger partial charge >= 0.3 is 11.9 Å². The predicted octanol–water partition coefficient (Wildman–Crippen LogP) is 2.91. The summed E-state index contributed by atoms with van der Waals surface area (Å²) in [7, 11) is 1.42. The van der Waals surface area contributed by atoms with Crippen LogP contribution in [0.1, 0.15) is 26.3 Å². The lowest BCUT2D eigenvalue weighted by Gasteiger charge is -2.19. The number of nitrogens with zero attached hydrogens (tertiary/aromatic N) is 1. The lowest BCUT2D eigenvalue weighted by atomic mass is 10.1. The standard InChI is InChI=1S/C18H15ClFNO6/c1-21(8-12-13(19)3-2-4-14(12)20)16(22)9-27-15-6-5-10(17(23)24)7-11(15)18(25)26/h2-7H,8-9H2,1H3,(H,23,24)(H,25,26). The van der Waals surface area contributed by atoms with E-state index in [1.54, 1.807) is 0 Å². The van der Waals surface area contributed by atoms with Crippen LogP contribution in [-0.4, -0.2) is 46.6 Å². The average molecular weight is 396 g/mol. The Labute approximate surface area is 158 Å². The second-order valence-electron chi connectivity index (χ2n) is 5.56. The Balaban J connectivity index is 2.08. The first-order chi connectivity index (χ1) is 12.7. The van der Waals surface area contributed by atoms with Gasteiger partial charge in [0.2, 0.25) is 0 Å². The molecular formula is C18H15ClFNO6. The lowest BCUT2D eigenvalue weighted by Crippen LogP contribution is -2.31. The fraction of sp³-hybridized carbons (Fsp3) is 0.167. The van der Waals surface area contributed by atoms with E-state index in [2.05, 4.69) is 0 Å². The Morgan fingerprint density at radius 2 is 1.85 bits per heavy atom. The molecule has 7 nitrogen and oxygen atoms in total. The predicted molar refractivity (Wildman–Crippen MR) is 93.7 cm³/mol. The Kier molecular flexibility index (Phi) is 6.36. The highest BCUT2D eigenvalue weighted by molar-refractivity contribution is 6.31. The summed E-state index contributed by atoms with van der Waals surface area (Å²) in [6, 6.07) is 7.43. The van der Waals surface area contributed by atoms with Gasteiger partial charge in [-0.1, -0.05) is 17.7 Å². The van der Waals surface area contributed by atoms with Crippen LogP contribution in [0.3, 0.4) is 0 Å². The summed E-state index contributed by atoms with van der Waals surface area (Å²) in [6.45, 7) is -0.618. The zero-order valence-electron chi connectivity index (χ0n) is 14.1. The highest BCUT2D eigenvalue weighted by atomic mass is 35.5. The van der Waals surface area contributed by atoms with Crippen molar-refractivity contribution >= 4 is 29.4 Å². The largest absolute Gasteiger partial charge is 0.483 e. The third-order valence-electron chi connectivity index (χ3n) is 3.69. The van der Waals surface area contributed by atoms with Crippen LogP contribution >= 0.6 is 11.6 Å². The van der Waals surface area contributed by atoms with E-state index < -0.39 is 30.3 Å². The van der Waals surface area contributed by atoms with Crippen molar-refractivity contribution in [3.05, 3.63) is 63.9 Å². The summed E-state index contributed by atoms with van der Waals surface area (Å²) in [5.41, 5.74) is -0.466. The molecule has 0 bridgehead atoms. The Morgan fingerprint density at radius 3 is 2.44 bits per heavy atom. The summed E-state index contributed by atoms with van der Waals surface area (Å²) in [6.07, 6.45) is 0. The van der Waals surface area contributed by atoms with Gasteiger partial charge in [-0.05, 0) is 30.3 Å². The normalized spacial score (nSPS) is 10.3. The van der Waals surface area contributed by atoms with Crippen LogP contribution < -0.4 is 4.74 Å². The van der Waals surface area contributed by atoms with Crippen molar-refractivity contribution in [2.24, 2.45) is 0 Å².